The summed E-state index contributed by atoms with van der Waals surface area (Å²) in [5.74, 6) is 0.960. The molecule has 0 aliphatic carbocycles. The molecule has 2 unspecified atom stereocenters. The van der Waals surface area contributed by atoms with E-state index in [4.69, 9.17) is 5.73 Å². The van der Waals surface area contributed by atoms with Crippen molar-refractivity contribution in [2.24, 2.45) is 11.7 Å². The predicted octanol–water partition coefficient (Wildman–Crippen LogP) is 1.05. The van der Waals surface area contributed by atoms with Crippen LogP contribution >= 0.6 is 24.8 Å². The number of aromatic nitrogens is 2. The van der Waals surface area contributed by atoms with Crippen molar-refractivity contribution >= 4 is 30.7 Å². The SMILES string of the molecule is CC(N)C(C)C(=O)N1CCn2ccnc2C1.Cl.Cl. The Morgan fingerprint density at radius 1 is 1.39 bits per heavy atom. The molecule has 1 aliphatic rings. The van der Waals surface area contributed by atoms with E-state index in [1.54, 1.807) is 6.20 Å². The van der Waals surface area contributed by atoms with Crippen molar-refractivity contribution in [3.05, 3.63) is 18.2 Å². The van der Waals surface area contributed by atoms with Gasteiger partial charge in [-0.15, -0.1) is 24.8 Å². The number of hydrogen-bond donors (Lipinski definition) is 1. The summed E-state index contributed by atoms with van der Waals surface area (Å²) in [6.45, 7) is 5.93. The van der Waals surface area contributed by atoms with Crippen molar-refractivity contribution in [2.75, 3.05) is 6.54 Å². The molecule has 0 aromatic carbocycles. The number of nitrogens with two attached hydrogens (primary N) is 1. The summed E-state index contributed by atoms with van der Waals surface area (Å²) < 4.78 is 2.08. The van der Waals surface area contributed by atoms with Gasteiger partial charge in [0, 0.05) is 31.5 Å². The molecule has 1 aromatic rings. The summed E-state index contributed by atoms with van der Waals surface area (Å²) in [7, 11) is 0. The quantitative estimate of drug-likeness (QED) is 0.887. The van der Waals surface area contributed by atoms with Gasteiger partial charge in [-0.3, -0.25) is 4.79 Å². The van der Waals surface area contributed by atoms with E-state index in [1.807, 2.05) is 24.9 Å². The molecule has 2 heterocycles. The van der Waals surface area contributed by atoms with E-state index in [1.165, 1.54) is 0 Å². The number of carbonyl (C=O) groups is 1. The van der Waals surface area contributed by atoms with E-state index < -0.39 is 0 Å². The summed E-state index contributed by atoms with van der Waals surface area (Å²) in [6, 6.07) is -0.103. The highest BCUT2D eigenvalue weighted by Crippen LogP contribution is 2.14. The van der Waals surface area contributed by atoms with E-state index in [2.05, 4.69) is 9.55 Å². The lowest BCUT2D eigenvalue weighted by Crippen LogP contribution is -2.45. The standard InChI is InChI=1S/C11H18N4O.2ClH/c1-8(9(2)12)11(16)15-6-5-14-4-3-13-10(14)7-15;;/h3-4,8-9H,5-7,12H2,1-2H3;2*1H. The molecule has 0 radical (unpaired) electrons. The second kappa shape index (κ2) is 6.97. The monoisotopic (exact) mass is 294 g/mol. The molecule has 104 valence electrons. The van der Waals surface area contributed by atoms with E-state index in [9.17, 15) is 4.79 Å². The Bertz CT molecular complexity index is 394. The van der Waals surface area contributed by atoms with Gasteiger partial charge in [-0.05, 0) is 6.92 Å². The van der Waals surface area contributed by atoms with Crippen molar-refractivity contribution < 1.29 is 4.79 Å². The van der Waals surface area contributed by atoms with Crippen LogP contribution in [0.25, 0.3) is 0 Å². The molecule has 0 bridgehead atoms. The van der Waals surface area contributed by atoms with E-state index in [0.717, 1.165) is 18.9 Å². The maximum Gasteiger partial charge on any atom is 0.227 e. The van der Waals surface area contributed by atoms with Crippen LogP contribution in [0, 0.1) is 5.92 Å². The second-order valence-corrected chi connectivity index (χ2v) is 4.44. The van der Waals surface area contributed by atoms with Gasteiger partial charge in [0.2, 0.25) is 5.91 Å². The maximum atomic E-state index is 12.1. The molecule has 2 rings (SSSR count). The molecule has 1 aliphatic heterocycles. The Kier molecular flexibility index (Phi) is 6.67. The average Bonchev–Trinajstić information content (AvgIpc) is 2.73. The third-order valence-corrected chi connectivity index (χ3v) is 3.23. The number of halogens is 2. The van der Waals surface area contributed by atoms with Crippen LogP contribution in [0.15, 0.2) is 12.4 Å². The Morgan fingerprint density at radius 3 is 2.67 bits per heavy atom. The first kappa shape index (κ1) is 17.2. The zero-order valence-corrected chi connectivity index (χ0v) is 12.2. The summed E-state index contributed by atoms with van der Waals surface area (Å²) in [6.07, 6.45) is 3.73. The van der Waals surface area contributed by atoms with Crippen molar-refractivity contribution in [1.82, 2.24) is 14.5 Å². The molecule has 2 N–H and O–H groups in total. The zero-order valence-electron chi connectivity index (χ0n) is 10.6. The predicted molar refractivity (Wildman–Crippen MR) is 75.0 cm³/mol. The summed E-state index contributed by atoms with van der Waals surface area (Å²) in [5.41, 5.74) is 5.75. The van der Waals surface area contributed by atoms with E-state index in [0.29, 0.717) is 6.54 Å². The lowest BCUT2D eigenvalue weighted by molar-refractivity contribution is -0.137. The largest absolute Gasteiger partial charge is 0.333 e. The number of imidazole rings is 1. The lowest BCUT2D eigenvalue weighted by atomic mass is 10.0. The summed E-state index contributed by atoms with van der Waals surface area (Å²) in [5, 5.41) is 0. The van der Waals surface area contributed by atoms with Gasteiger partial charge in [0.05, 0.1) is 12.5 Å². The van der Waals surface area contributed by atoms with Gasteiger partial charge in [0.25, 0.3) is 0 Å². The van der Waals surface area contributed by atoms with Crippen molar-refractivity contribution in [3.63, 3.8) is 0 Å². The Labute approximate surface area is 120 Å². The minimum atomic E-state index is -0.124. The van der Waals surface area contributed by atoms with Gasteiger partial charge < -0.3 is 15.2 Å². The van der Waals surface area contributed by atoms with Crippen LogP contribution in [-0.4, -0.2) is 32.9 Å². The summed E-state index contributed by atoms with van der Waals surface area (Å²) in [4.78, 5) is 18.2. The van der Waals surface area contributed by atoms with Gasteiger partial charge in [0.15, 0.2) is 0 Å². The summed E-state index contributed by atoms with van der Waals surface area (Å²) >= 11 is 0. The van der Waals surface area contributed by atoms with Gasteiger partial charge in [-0.25, -0.2) is 4.98 Å². The molecule has 2 atom stereocenters. The fourth-order valence-corrected chi connectivity index (χ4v) is 1.87. The number of carbonyl (C=O) groups excluding carboxylic acids is 1. The molecular weight excluding hydrogens is 275 g/mol. The fraction of sp³-hybridized carbons (Fsp3) is 0.636. The highest BCUT2D eigenvalue weighted by atomic mass is 35.5. The van der Waals surface area contributed by atoms with Crippen LogP contribution in [0.2, 0.25) is 0 Å². The Balaban J connectivity index is 0.00000144. The Morgan fingerprint density at radius 2 is 2.06 bits per heavy atom. The molecule has 7 heteroatoms. The van der Waals surface area contributed by atoms with Crippen LogP contribution in [0.1, 0.15) is 19.7 Å². The molecule has 1 aromatic heterocycles. The minimum Gasteiger partial charge on any atom is -0.333 e. The van der Waals surface area contributed by atoms with E-state index in [-0.39, 0.29) is 42.7 Å². The first-order chi connectivity index (χ1) is 7.59. The van der Waals surface area contributed by atoms with Crippen molar-refractivity contribution in [3.8, 4) is 0 Å². The maximum absolute atomic E-state index is 12.1. The van der Waals surface area contributed by atoms with Crippen LogP contribution in [0.4, 0.5) is 0 Å². The van der Waals surface area contributed by atoms with Gasteiger partial charge >= 0.3 is 0 Å². The van der Waals surface area contributed by atoms with Gasteiger partial charge in [-0.2, -0.15) is 0 Å². The second-order valence-electron chi connectivity index (χ2n) is 4.44. The van der Waals surface area contributed by atoms with Crippen LogP contribution in [-0.2, 0) is 17.9 Å². The Hall–Kier alpha value is -0.780. The zero-order chi connectivity index (χ0) is 11.7. The molecular formula is C11H20Cl2N4O. The third kappa shape index (κ3) is 3.37. The molecule has 5 nitrogen and oxygen atoms in total. The molecule has 0 spiro atoms. The molecule has 18 heavy (non-hydrogen) atoms. The first-order valence-electron chi connectivity index (χ1n) is 5.64. The van der Waals surface area contributed by atoms with Crippen LogP contribution in [0.5, 0.6) is 0 Å². The number of amides is 1. The molecule has 1 amide bonds. The minimum absolute atomic E-state index is 0. The number of hydrogen-bond acceptors (Lipinski definition) is 3. The van der Waals surface area contributed by atoms with Gasteiger partial charge in [0.1, 0.15) is 5.82 Å². The van der Waals surface area contributed by atoms with Crippen molar-refractivity contribution in [1.29, 1.82) is 0 Å². The smallest absolute Gasteiger partial charge is 0.227 e. The van der Waals surface area contributed by atoms with E-state index >= 15 is 0 Å². The highest BCUT2D eigenvalue weighted by molar-refractivity contribution is 5.85. The average molecular weight is 295 g/mol. The molecule has 0 saturated carbocycles. The number of fused-ring (bicyclic) bond motifs is 1. The highest BCUT2D eigenvalue weighted by Gasteiger charge is 2.26. The first-order valence-corrected chi connectivity index (χ1v) is 5.64. The number of rotatable bonds is 2. The van der Waals surface area contributed by atoms with Gasteiger partial charge in [-0.1, -0.05) is 6.92 Å². The molecule has 0 saturated heterocycles. The lowest BCUT2D eigenvalue weighted by Gasteiger charge is -2.30. The van der Waals surface area contributed by atoms with Crippen LogP contribution in [0.3, 0.4) is 0 Å². The number of nitrogens with zero attached hydrogens (tertiary/aromatic N) is 3. The third-order valence-electron chi connectivity index (χ3n) is 3.23. The van der Waals surface area contributed by atoms with Crippen LogP contribution < -0.4 is 5.73 Å². The normalized spacial score (nSPS) is 16.9. The topological polar surface area (TPSA) is 64.2 Å². The van der Waals surface area contributed by atoms with Crippen molar-refractivity contribution in [2.45, 2.75) is 33.0 Å². The molecule has 0 fully saturated rings. The fourth-order valence-electron chi connectivity index (χ4n) is 1.87.